The summed E-state index contributed by atoms with van der Waals surface area (Å²) >= 11 is 0. The molecule has 2 unspecified atom stereocenters. The van der Waals surface area contributed by atoms with Crippen molar-refractivity contribution in [2.75, 3.05) is 39.6 Å². The smallest absolute Gasteiger partial charge is 0.0640 e. The third-order valence-corrected chi connectivity index (χ3v) is 3.07. The van der Waals surface area contributed by atoms with Gasteiger partial charge in [-0.15, -0.1) is 0 Å². The third kappa shape index (κ3) is 6.11. The lowest BCUT2D eigenvalue weighted by Gasteiger charge is -2.43. The molecule has 1 aliphatic rings. The Kier molecular flexibility index (Phi) is 7.11. The van der Waals surface area contributed by atoms with Crippen LogP contribution in [-0.2, 0) is 0 Å². The molecule has 18 heavy (non-hydrogen) atoms. The Morgan fingerprint density at radius 3 is 1.72 bits per heavy atom. The highest BCUT2D eigenvalue weighted by Gasteiger charge is 2.24. The summed E-state index contributed by atoms with van der Waals surface area (Å²) in [7, 11) is 0. The predicted molar refractivity (Wildman–Crippen MR) is 73.0 cm³/mol. The molecule has 0 bridgehead atoms. The molecular formula is C13H29N3O2. The monoisotopic (exact) mass is 259 g/mol. The van der Waals surface area contributed by atoms with Gasteiger partial charge in [-0.3, -0.25) is 14.7 Å². The van der Waals surface area contributed by atoms with Crippen LogP contribution in [0.4, 0.5) is 0 Å². The van der Waals surface area contributed by atoms with Gasteiger partial charge in [0.05, 0.1) is 32.2 Å². The van der Waals surface area contributed by atoms with E-state index in [0.717, 1.165) is 26.6 Å². The highest BCUT2D eigenvalue weighted by Crippen LogP contribution is 2.10. The molecule has 1 aliphatic heterocycles. The van der Waals surface area contributed by atoms with Gasteiger partial charge in [-0.2, -0.15) is 0 Å². The highest BCUT2D eigenvalue weighted by atomic mass is 16.3. The van der Waals surface area contributed by atoms with Crippen molar-refractivity contribution in [3.63, 3.8) is 0 Å². The first kappa shape index (κ1) is 15.9. The third-order valence-electron chi connectivity index (χ3n) is 3.07. The van der Waals surface area contributed by atoms with Gasteiger partial charge < -0.3 is 10.2 Å². The second kappa shape index (κ2) is 8.07. The van der Waals surface area contributed by atoms with Crippen LogP contribution in [0.5, 0.6) is 0 Å². The van der Waals surface area contributed by atoms with Crippen molar-refractivity contribution in [2.45, 2.75) is 45.8 Å². The van der Waals surface area contributed by atoms with E-state index >= 15 is 0 Å². The summed E-state index contributed by atoms with van der Waals surface area (Å²) in [5.41, 5.74) is 0. The molecule has 0 aliphatic carbocycles. The molecule has 0 aromatic rings. The molecule has 108 valence electrons. The lowest BCUT2D eigenvalue weighted by Crippen LogP contribution is -2.57. The molecule has 0 aromatic carbocycles. The van der Waals surface area contributed by atoms with Crippen molar-refractivity contribution >= 4 is 0 Å². The molecule has 5 heteroatoms. The highest BCUT2D eigenvalue weighted by molar-refractivity contribution is 4.72. The van der Waals surface area contributed by atoms with Crippen molar-refractivity contribution in [1.82, 2.24) is 14.7 Å². The summed E-state index contributed by atoms with van der Waals surface area (Å²) in [5.74, 6) is 0. The lowest BCUT2D eigenvalue weighted by molar-refractivity contribution is -0.0565. The van der Waals surface area contributed by atoms with E-state index in [1.165, 1.54) is 12.8 Å². The van der Waals surface area contributed by atoms with Gasteiger partial charge in [0.15, 0.2) is 0 Å². The van der Waals surface area contributed by atoms with Gasteiger partial charge >= 0.3 is 0 Å². The fraction of sp³-hybridized carbons (Fsp3) is 1.00. The van der Waals surface area contributed by atoms with Gasteiger partial charge in [-0.1, -0.05) is 13.3 Å². The summed E-state index contributed by atoms with van der Waals surface area (Å²) in [6, 6.07) is 0. The van der Waals surface area contributed by atoms with Crippen molar-refractivity contribution < 1.29 is 10.2 Å². The van der Waals surface area contributed by atoms with Crippen LogP contribution in [0.2, 0.25) is 0 Å². The Morgan fingerprint density at radius 2 is 1.33 bits per heavy atom. The molecule has 0 radical (unpaired) electrons. The summed E-state index contributed by atoms with van der Waals surface area (Å²) in [4.78, 5) is 6.87. The molecule has 5 nitrogen and oxygen atoms in total. The van der Waals surface area contributed by atoms with Gasteiger partial charge in [0.1, 0.15) is 0 Å². The normalized spacial score (nSPS) is 23.2. The SMILES string of the molecule is CCCCN1CN(CC(C)O)CN(CC(C)O)C1. The van der Waals surface area contributed by atoms with E-state index in [1.54, 1.807) is 0 Å². The number of rotatable bonds is 7. The van der Waals surface area contributed by atoms with E-state index in [-0.39, 0.29) is 12.2 Å². The molecule has 1 fully saturated rings. The van der Waals surface area contributed by atoms with Crippen LogP contribution in [0.1, 0.15) is 33.6 Å². The van der Waals surface area contributed by atoms with Crippen molar-refractivity contribution in [3.05, 3.63) is 0 Å². The lowest BCUT2D eigenvalue weighted by atomic mass is 10.3. The van der Waals surface area contributed by atoms with Crippen LogP contribution >= 0.6 is 0 Å². The maximum absolute atomic E-state index is 9.51. The minimum Gasteiger partial charge on any atom is -0.392 e. The maximum Gasteiger partial charge on any atom is 0.0640 e. The molecule has 0 saturated carbocycles. The van der Waals surface area contributed by atoms with Crippen LogP contribution in [0.3, 0.4) is 0 Å². The number of hydrogen-bond donors (Lipinski definition) is 2. The Morgan fingerprint density at radius 1 is 0.889 bits per heavy atom. The van der Waals surface area contributed by atoms with Crippen molar-refractivity contribution in [1.29, 1.82) is 0 Å². The quantitative estimate of drug-likeness (QED) is 0.690. The molecular weight excluding hydrogens is 230 g/mol. The van der Waals surface area contributed by atoms with Crippen molar-refractivity contribution in [2.24, 2.45) is 0 Å². The van der Waals surface area contributed by atoms with Crippen LogP contribution in [-0.4, -0.2) is 76.8 Å². The van der Waals surface area contributed by atoms with Gasteiger partial charge in [-0.25, -0.2) is 0 Å². The van der Waals surface area contributed by atoms with Crippen LogP contribution in [0, 0.1) is 0 Å². The fourth-order valence-electron chi connectivity index (χ4n) is 2.48. The fourth-order valence-corrected chi connectivity index (χ4v) is 2.48. The molecule has 0 amide bonds. The molecule has 0 aromatic heterocycles. The standard InChI is InChI=1S/C13H29N3O2/c1-4-5-6-14-9-15(7-12(2)17)11-16(10-14)8-13(3)18/h12-13,17-18H,4-11H2,1-3H3. The molecule has 1 rings (SSSR count). The van der Waals surface area contributed by atoms with Crippen LogP contribution in [0.25, 0.3) is 0 Å². The van der Waals surface area contributed by atoms with Crippen LogP contribution < -0.4 is 0 Å². The zero-order chi connectivity index (χ0) is 13.5. The first-order valence-electron chi connectivity index (χ1n) is 7.04. The van der Waals surface area contributed by atoms with E-state index in [0.29, 0.717) is 13.1 Å². The first-order valence-corrected chi connectivity index (χ1v) is 7.04. The molecule has 2 N–H and O–H groups in total. The number of aliphatic hydroxyl groups is 2. The van der Waals surface area contributed by atoms with E-state index in [4.69, 9.17) is 0 Å². The Balaban J connectivity index is 2.48. The number of hydrogen-bond acceptors (Lipinski definition) is 5. The second-order valence-electron chi connectivity index (χ2n) is 5.58. The molecule has 2 atom stereocenters. The first-order chi connectivity index (χ1) is 8.51. The van der Waals surface area contributed by atoms with Crippen molar-refractivity contribution in [3.8, 4) is 0 Å². The van der Waals surface area contributed by atoms with Gasteiger partial charge in [0, 0.05) is 19.6 Å². The second-order valence-corrected chi connectivity index (χ2v) is 5.58. The zero-order valence-electron chi connectivity index (χ0n) is 12.0. The summed E-state index contributed by atoms with van der Waals surface area (Å²) < 4.78 is 0. The zero-order valence-corrected chi connectivity index (χ0v) is 12.0. The minimum atomic E-state index is -0.301. The van der Waals surface area contributed by atoms with Gasteiger partial charge in [0.25, 0.3) is 0 Å². The van der Waals surface area contributed by atoms with Gasteiger partial charge in [-0.05, 0) is 20.3 Å². The van der Waals surface area contributed by atoms with E-state index < -0.39 is 0 Å². The number of nitrogens with zero attached hydrogens (tertiary/aromatic N) is 3. The largest absolute Gasteiger partial charge is 0.392 e. The number of unbranched alkanes of at least 4 members (excludes halogenated alkanes) is 1. The Labute approximate surface area is 111 Å². The molecule has 1 heterocycles. The number of aliphatic hydroxyl groups excluding tert-OH is 2. The Bertz CT molecular complexity index is 206. The predicted octanol–water partition coefficient (Wildman–Crippen LogP) is 0.340. The van der Waals surface area contributed by atoms with E-state index in [9.17, 15) is 10.2 Å². The van der Waals surface area contributed by atoms with E-state index in [1.807, 2.05) is 13.8 Å². The minimum absolute atomic E-state index is 0.301. The number of β-amino-alcohol motifs (C(OH)–C–C–N with tert-alkyl or cyclic N) is 2. The maximum atomic E-state index is 9.51. The Hall–Kier alpha value is -0.200. The average molecular weight is 259 g/mol. The average Bonchev–Trinajstić information content (AvgIpc) is 2.24. The van der Waals surface area contributed by atoms with Crippen LogP contribution in [0.15, 0.2) is 0 Å². The summed E-state index contributed by atoms with van der Waals surface area (Å²) in [6.45, 7) is 11.0. The van der Waals surface area contributed by atoms with Gasteiger partial charge in [0.2, 0.25) is 0 Å². The summed E-state index contributed by atoms with van der Waals surface area (Å²) in [6.07, 6.45) is 1.79. The molecule has 0 spiro atoms. The molecule has 1 saturated heterocycles. The van der Waals surface area contributed by atoms with E-state index in [2.05, 4.69) is 21.6 Å². The topological polar surface area (TPSA) is 50.2 Å². The summed E-state index contributed by atoms with van der Waals surface area (Å²) in [5, 5.41) is 19.0.